The number of nitrogens with one attached hydrogen (secondary N) is 1. The van der Waals surface area contributed by atoms with Gasteiger partial charge in [-0.05, 0) is 73.4 Å². The molecule has 2 fully saturated rings. The summed E-state index contributed by atoms with van der Waals surface area (Å²) >= 11 is 0. The van der Waals surface area contributed by atoms with Crippen LogP contribution in [0, 0.1) is 12.7 Å². The van der Waals surface area contributed by atoms with E-state index >= 15 is 0 Å². The molecule has 0 radical (unpaired) electrons. The van der Waals surface area contributed by atoms with Crippen LogP contribution in [0.1, 0.15) is 24.0 Å². The predicted molar refractivity (Wildman–Crippen MR) is 108 cm³/mol. The highest BCUT2D eigenvalue weighted by Crippen LogP contribution is 2.27. The number of nitrogens with zero attached hydrogens (tertiary/aromatic N) is 2. The minimum Gasteiger partial charge on any atom is -0.371 e. The molecule has 0 aliphatic carbocycles. The number of amides is 4. The van der Waals surface area contributed by atoms with Crippen molar-refractivity contribution in [3.63, 3.8) is 0 Å². The molecule has 4 rings (SSSR count). The molecule has 1 N–H and O–H groups in total. The lowest BCUT2D eigenvalue weighted by atomic mass is 10.0. The number of carbonyl (C=O) groups excluding carboxylic acids is 3. The molecule has 0 bridgehead atoms. The van der Waals surface area contributed by atoms with Gasteiger partial charge in [0, 0.05) is 18.8 Å². The number of barbiturate groups is 1. The molecule has 0 unspecified atom stereocenters. The molecule has 2 saturated heterocycles. The molecule has 2 aliphatic heterocycles. The van der Waals surface area contributed by atoms with Crippen molar-refractivity contribution in [1.82, 2.24) is 5.32 Å². The van der Waals surface area contributed by atoms with Crippen molar-refractivity contribution < 1.29 is 18.8 Å². The molecule has 0 spiro atoms. The number of urea groups is 1. The Kier molecular flexibility index (Phi) is 4.88. The summed E-state index contributed by atoms with van der Waals surface area (Å²) in [7, 11) is 0. The second-order valence-electron chi connectivity index (χ2n) is 7.17. The van der Waals surface area contributed by atoms with Crippen molar-refractivity contribution in [1.29, 1.82) is 0 Å². The first-order valence-corrected chi connectivity index (χ1v) is 9.46. The third kappa shape index (κ3) is 3.63. The number of benzene rings is 2. The van der Waals surface area contributed by atoms with Crippen molar-refractivity contribution in [2.45, 2.75) is 19.8 Å². The fourth-order valence-corrected chi connectivity index (χ4v) is 3.73. The van der Waals surface area contributed by atoms with Gasteiger partial charge in [0.05, 0.1) is 5.69 Å². The van der Waals surface area contributed by atoms with E-state index in [0.717, 1.165) is 41.4 Å². The van der Waals surface area contributed by atoms with Gasteiger partial charge < -0.3 is 4.90 Å². The normalized spacial score (nSPS) is 18.6. The molecule has 7 heteroatoms. The summed E-state index contributed by atoms with van der Waals surface area (Å²) in [5, 5.41) is 2.17. The summed E-state index contributed by atoms with van der Waals surface area (Å²) in [5.74, 6) is -1.98. The Morgan fingerprint density at radius 3 is 2.34 bits per heavy atom. The second-order valence-corrected chi connectivity index (χ2v) is 7.17. The lowest BCUT2D eigenvalue weighted by Crippen LogP contribution is -2.54. The number of carbonyl (C=O) groups is 3. The van der Waals surface area contributed by atoms with E-state index in [9.17, 15) is 18.8 Å². The van der Waals surface area contributed by atoms with E-state index in [-0.39, 0.29) is 11.3 Å². The second kappa shape index (κ2) is 7.50. The average molecular weight is 393 g/mol. The van der Waals surface area contributed by atoms with Gasteiger partial charge in [-0.2, -0.15) is 0 Å². The van der Waals surface area contributed by atoms with Crippen LogP contribution in [0.25, 0.3) is 6.08 Å². The fraction of sp³-hybridized carbons (Fsp3) is 0.227. The van der Waals surface area contributed by atoms with Crippen LogP contribution in [0.4, 0.5) is 20.6 Å². The van der Waals surface area contributed by atoms with Crippen molar-refractivity contribution >= 4 is 35.3 Å². The molecular weight excluding hydrogens is 373 g/mol. The summed E-state index contributed by atoms with van der Waals surface area (Å²) in [6, 6.07) is 9.83. The largest absolute Gasteiger partial charge is 0.371 e. The molecule has 2 aromatic rings. The first-order chi connectivity index (χ1) is 13.9. The summed E-state index contributed by atoms with van der Waals surface area (Å²) in [6.45, 7) is 4.04. The summed E-state index contributed by atoms with van der Waals surface area (Å²) in [6.07, 6.45) is 3.82. The predicted octanol–water partition coefficient (Wildman–Crippen LogP) is 3.40. The molecule has 0 aromatic heterocycles. The van der Waals surface area contributed by atoms with Gasteiger partial charge in [0.2, 0.25) is 0 Å². The lowest BCUT2D eigenvalue weighted by molar-refractivity contribution is -0.122. The van der Waals surface area contributed by atoms with Crippen LogP contribution in [0.3, 0.4) is 0 Å². The standard InChI is InChI=1S/C22H20FN3O3/c1-14-12-15(4-9-19(14)25-10-2-3-11-25)13-18-20(27)24-22(29)26(21(18)28)17-7-5-16(23)6-8-17/h4-9,12-13H,2-3,10-11H2,1H3,(H,24,27,29)/b18-13+. The molecule has 4 amide bonds. The quantitative estimate of drug-likeness (QED) is 0.641. The Hall–Kier alpha value is -3.48. The molecule has 148 valence electrons. The highest BCUT2D eigenvalue weighted by atomic mass is 19.1. The van der Waals surface area contributed by atoms with E-state index in [1.807, 2.05) is 25.1 Å². The van der Waals surface area contributed by atoms with E-state index in [1.54, 1.807) is 0 Å². The Morgan fingerprint density at radius 2 is 1.69 bits per heavy atom. The van der Waals surface area contributed by atoms with E-state index in [2.05, 4.69) is 10.2 Å². The summed E-state index contributed by atoms with van der Waals surface area (Å²) < 4.78 is 13.2. The first-order valence-electron chi connectivity index (χ1n) is 9.46. The number of anilines is 2. The van der Waals surface area contributed by atoms with Crippen LogP contribution in [-0.2, 0) is 9.59 Å². The molecule has 2 heterocycles. The number of imide groups is 2. The van der Waals surface area contributed by atoms with E-state index in [0.29, 0.717) is 5.56 Å². The lowest BCUT2D eigenvalue weighted by Gasteiger charge is -2.26. The number of aryl methyl sites for hydroxylation is 1. The van der Waals surface area contributed by atoms with Crippen LogP contribution in [0.5, 0.6) is 0 Å². The van der Waals surface area contributed by atoms with E-state index in [1.165, 1.54) is 31.1 Å². The maximum absolute atomic E-state index is 13.2. The zero-order valence-electron chi connectivity index (χ0n) is 15.9. The van der Waals surface area contributed by atoms with E-state index < -0.39 is 23.7 Å². The zero-order valence-corrected chi connectivity index (χ0v) is 15.9. The van der Waals surface area contributed by atoms with Crippen LogP contribution >= 0.6 is 0 Å². The minimum absolute atomic E-state index is 0.151. The van der Waals surface area contributed by atoms with Gasteiger partial charge in [0.15, 0.2) is 0 Å². The Morgan fingerprint density at radius 1 is 1.00 bits per heavy atom. The highest BCUT2D eigenvalue weighted by molar-refractivity contribution is 6.39. The number of halogens is 1. The third-order valence-electron chi connectivity index (χ3n) is 5.17. The van der Waals surface area contributed by atoms with Gasteiger partial charge in [-0.25, -0.2) is 14.1 Å². The number of rotatable bonds is 3. The number of hydrogen-bond acceptors (Lipinski definition) is 4. The van der Waals surface area contributed by atoms with Crippen LogP contribution < -0.4 is 15.1 Å². The molecule has 0 atom stereocenters. The van der Waals surface area contributed by atoms with Crippen LogP contribution in [0.15, 0.2) is 48.0 Å². The molecule has 2 aromatic carbocycles. The molecule has 2 aliphatic rings. The van der Waals surface area contributed by atoms with Crippen LogP contribution in [0.2, 0.25) is 0 Å². The van der Waals surface area contributed by atoms with Crippen molar-refractivity contribution in [2.75, 3.05) is 22.9 Å². The van der Waals surface area contributed by atoms with Crippen molar-refractivity contribution in [2.24, 2.45) is 0 Å². The van der Waals surface area contributed by atoms with Crippen molar-refractivity contribution in [3.05, 3.63) is 65.0 Å². The SMILES string of the molecule is Cc1cc(/C=C2\C(=O)NC(=O)N(c3ccc(F)cc3)C2=O)ccc1N1CCCC1. The highest BCUT2D eigenvalue weighted by Gasteiger charge is 2.36. The van der Waals surface area contributed by atoms with E-state index in [4.69, 9.17) is 0 Å². The Bertz CT molecular complexity index is 1020. The number of hydrogen-bond donors (Lipinski definition) is 1. The third-order valence-corrected chi connectivity index (χ3v) is 5.17. The van der Waals surface area contributed by atoms with Gasteiger partial charge in [-0.15, -0.1) is 0 Å². The Labute approximate surface area is 167 Å². The van der Waals surface area contributed by atoms with Crippen LogP contribution in [-0.4, -0.2) is 30.9 Å². The Balaban J connectivity index is 1.65. The molecular formula is C22H20FN3O3. The summed E-state index contributed by atoms with van der Waals surface area (Å²) in [5.41, 5.74) is 2.93. The van der Waals surface area contributed by atoms with Gasteiger partial charge >= 0.3 is 6.03 Å². The maximum atomic E-state index is 13.2. The van der Waals surface area contributed by atoms with Gasteiger partial charge in [-0.3, -0.25) is 14.9 Å². The van der Waals surface area contributed by atoms with Gasteiger partial charge in [-0.1, -0.05) is 6.07 Å². The van der Waals surface area contributed by atoms with Gasteiger partial charge in [0.25, 0.3) is 11.8 Å². The molecule has 6 nitrogen and oxygen atoms in total. The maximum Gasteiger partial charge on any atom is 0.335 e. The smallest absolute Gasteiger partial charge is 0.335 e. The average Bonchev–Trinajstić information content (AvgIpc) is 3.21. The summed E-state index contributed by atoms with van der Waals surface area (Å²) in [4.78, 5) is 40.5. The topological polar surface area (TPSA) is 69.7 Å². The first kappa shape index (κ1) is 18.9. The monoisotopic (exact) mass is 393 g/mol. The fourth-order valence-electron chi connectivity index (χ4n) is 3.73. The molecule has 0 saturated carbocycles. The molecule has 29 heavy (non-hydrogen) atoms. The minimum atomic E-state index is -0.857. The zero-order chi connectivity index (χ0) is 20.5. The van der Waals surface area contributed by atoms with Gasteiger partial charge in [0.1, 0.15) is 11.4 Å². The van der Waals surface area contributed by atoms with Crippen molar-refractivity contribution in [3.8, 4) is 0 Å².